The van der Waals surface area contributed by atoms with Crippen LogP contribution in [0.4, 0.5) is 26.7 Å². The van der Waals surface area contributed by atoms with E-state index >= 15 is 0 Å². The van der Waals surface area contributed by atoms with Crippen LogP contribution in [-0.4, -0.2) is 35.8 Å². The van der Waals surface area contributed by atoms with Crippen LogP contribution in [0.1, 0.15) is 45.7 Å². The zero-order valence-electron chi connectivity index (χ0n) is 19.9. The topological polar surface area (TPSA) is 119 Å². The maximum absolute atomic E-state index is 12.7. The van der Waals surface area contributed by atoms with E-state index in [0.717, 1.165) is 24.1 Å². The number of benzene rings is 1. The third-order valence-electron chi connectivity index (χ3n) is 4.86. The number of carbonyl (C=O) groups is 3. The summed E-state index contributed by atoms with van der Waals surface area (Å²) in [6.45, 7) is 5.29. The Morgan fingerprint density at radius 3 is 2.47 bits per heavy atom. The van der Waals surface area contributed by atoms with Crippen molar-refractivity contribution in [3.8, 4) is 11.1 Å². The molecule has 0 aliphatic carbocycles. The molecule has 0 unspecified atom stereocenters. The first-order chi connectivity index (χ1) is 16.1. The molecule has 34 heavy (non-hydrogen) atoms. The Hall–Kier alpha value is -3.88. The molecular formula is C25H30N4O5. The lowest BCUT2D eigenvalue weighted by Crippen LogP contribution is -2.27. The minimum absolute atomic E-state index is 0.196. The van der Waals surface area contributed by atoms with Crippen LogP contribution in [0.2, 0.25) is 0 Å². The number of aromatic nitrogens is 1. The first-order valence-electron chi connectivity index (χ1n) is 11.1. The Morgan fingerprint density at radius 2 is 1.76 bits per heavy atom. The van der Waals surface area contributed by atoms with Crippen molar-refractivity contribution < 1.29 is 23.9 Å². The summed E-state index contributed by atoms with van der Waals surface area (Å²) in [6, 6.07) is 6.94. The van der Waals surface area contributed by atoms with Gasteiger partial charge in [0, 0.05) is 29.6 Å². The molecule has 0 atom stereocenters. The number of hydrogen-bond acceptors (Lipinski definition) is 6. The smallest absolute Gasteiger partial charge is 0.412 e. The van der Waals surface area contributed by atoms with Crippen LogP contribution in [0.3, 0.4) is 0 Å². The Morgan fingerprint density at radius 1 is 1.03 bits per heavy atom. The summed E-state index contributed by atoms with van der Waals surface area (Å²) in [4.78, 5) is 41.7. The summed E-state index contributed by atoms with van der Waals surface area (Å²) < 4.78 is 10.1. The fourth-order valence-corrected chi connectivity index (χ4v) is 3.47. The molecule has 3 N–H and O–H groups in total. The number of rotatable bonds is 2. The zero-order chi connectivity index (χ0) is 24.7. The molecule has 9 heteroatoms. The van der Waals surface area contributed by atoms with E-state index < -0.39 is 17.8 Å². The lowest BCUT2D eigenvalue weighted by molar-refractivity contribution is -0.116. The number of allylic oxidation sites excluding steroid dienone is 2. The summed E-state index contributed by atoms with van der Waals surface area (Å²) in [5.41, 5.74) is 2.59. The van der Waals surface area contributed by atoms with Crippen LogP contribution >= 0.6 is 0 Å². The van der Waals surface area contributed by atoms with Crippen molar-refractivity contribution in [2.75, 3.05) is 23.1 Å². The van der Waals surface area contributed by atoms with Crippen molar-refractivity contribution in [1.82, 2.24) is 4.98 Å². The molecule has 0 radical (unpaired) electrons. The quantitative estimate of drug-likeness (QED) is 0.503. The minimum atomic E-state index is -0.713. The number of fused-ring (bicyclic) bond motifs is 4. The molecule has 1 aliphatic heterocycles. The lowest BCUT2D eigenvalue weighted by atomic mass is 9.99. The summed E-state index contributed by atoms with van der Waals surface area (Å²) in [7, 11) is 1.25. The van der Waals surface area contributed by atoms with Crippen LogP contribution in [-0.2, 0) is 20.7 Å². The van der Waals surface area contributed by atoms with Crippen molar-refractivity contribution >= 4 is 35.2 Å². The van der Waals surface area contributed by atoms with Gasteiger partial charge in [-0.3, -0.25) is 20.4 Å². The summed E-state index contributed by atoms with van der Waals surface area (Å²) in [5, 5.41) is 8.29. The van der Waals surface area contributed by atoms with Crippen molar-refractivity contribution in [2.45, 2.75) is 52.1 Å². The van der Waals surface area contributed by atoms with Gasteiger partial charge in [-0.2, -0.15) is 0 Å². The molecule has 9 nitrogen and oxygen atoms in total. The second-order valence-corrected chi connectivity index (χ2v) is 8.82. The summed E-state index contributed by atoms with van der Waals surface area (Å²) in [6.07, 6.45) is 6.77. The highest BCUT2D eigenvalue weighted by Crippen LogP contribution is 2.39. The van der Waals surface area contributed by atoms with Gasteiger partial charge in [-0.25, -0.2) is 9.59 Å². The molecule has 1 aliphatic rings. The van der Waals surface area contributed by atoms with E-state index in [1.807, 2.05) is 18.2 Å². The van der Waals surface area contributed by atoms with Crippen LogP contribution in [0.25, 0.3) is 11.1 Å². The Labute approximate surface area is 198 Å². The van der Waals surface area contributed by atoms with Gasteiger partial charge < -0.3 is 14.8 Å². The number of nitrogens with zero attached hydrogens (tertiary/aromatic N) is 1. The molecule has 2 bridgehead atoms. The molecule has 0 spiro atoms. The SMILES string of the molecule is COC(=O)Nc1cc2c(c(NC(=O)OC(C)(C)C)c1)-c1ccnc(c1)CCC=CCCC(=O)N2. The van der Waals surface area contributed by atoms with E-state index in [0.29, 0.717) is 29.0 Å². The highest BCUT2D eigenvalue weighted by molar-refractivity contribution is 6.04. The number of amides is 3. The van der Waals surface area contributed by atoms with Crippen LogP contribution in [0, 0.1) is 0 Å². The fourth-order valence-electron chi connectivity index (χ4n) is 3.47. The average Bonchev–Trinajstić information content (AvgIpc) is 2.75. The molecule has 180 valence electrons. The largest absolute Gasteiger partial charge is 0.453 e. The van der Waals surface area contributed by atoms with E-state index in [-0.39, 0.29) is 12.3 Å². The van der Waals surface area contributed by atoms with Crippen molar-refractivity contribution in [3.63, 3.8) is 0 Å². The van der Waals surface area contributed by atoms with E-state index in [2.05, 4.69) is 20.9 Å². The number of carbonyl (C=O) groups excluding carboxylic acids is 3. The summed E-state index contributed by atoms with van der Waals surface area (Å²) >= 11 is 0. The Bertz CT molecular complexity index is 1100. The number of aryl methyl sites for hydroxylation is 1. The maximum atomic E-state index is 12.7. The number of pyridine rings is 1. The van der Waals surface area contributed by atoms with Crippen molar-refractivity contribution in [3.05, 3.63) is 48.3 Å². The molecule has 3 rings (SSSR count). The van der Waals surface area contributed by atoms with E-state index in [1.54, 1.807) is 45.2 Å². The number of ether oxygens (including phenoxy) is 2. The van der Waals surface area contributed by atoms with Gasteiger partial charge in [-0.05, 0) is 69.9 Å². The predicted octanol–water partition coefficient (Wildman–Crippen LogP) is 5.50. The van der Waals surface area contributed by atoms with Crippen LogP contribution in [0.5, 0.6) is 0 Å². The van der Waals surface area contributed by atoms with Gasteiger partial charge in [0.1, 0.15) is 5.60 Å². The summed E-state index contributed by atoms with van der Waals surface area (Å²) in [5.74, 6) is -0.196. The van der Waals surface area contributed by atoms with E-state index in [9.17, 15) is 14.4 Å². The highest BCUT2D eigenvalue weighted by Gasteiger charge is 2.21. The van der Waals surface area contributed by atoms with Gasteiger partial charge in [0.15, 0.2) is 0 Å². The normalized spacial score (nSPS) is 13.8. The van der Waals surface area contributed by atoms with Gasteiger partial charge >= 0.3 is 12.2 Å². The minimum Gasteiger partial charge on any atom is -0.453 e. The standard InChI is InChI=1S/C25H30N4O5/c1-25(2,3)34-24(32)29-20-15-18(27-23(31)33-4)14-19-22(20)16-11-12-26-17(13-16)9-7-5-6-8-10-21(30)28-19/h5-6,11-15H,7-10H2,1-4H3,(H,27,31)(H,28,30)(H,29,32). The van der Waals surface area contributed by atoms with Gasteiger partial charge in [-0.15, -0.1) is 0 Å². The van der Waals surface area contributed by atoms with E-state index in [1.165, 1.54) is 7.11 Å². The van der Waals surface area contributed by atoms with Crippen LogP contribution < -0.4 is 16.0 Å². The van der Waals surface area contributed by atoms with Gasteiger partial charge in [0.05, 0.1) is 18.5 Å². The first kappa shape index (κ1) is 24.8. The molecule has 2 heterocycles. The van der Waals surface area contributed by atoms with Crippen molar-refractivity contribution in [1.29, 1.82) is 0 Å². The zero-order valence-corrected chi connectivity index (χ0v) is 19.9. The molecule has 2 aromatic rings. The maximum Gasteiger partial charge on any atom is 0.412 e. The highest BCUT2D eigenvalue weighted by atomic mass is 16.6. The molecule has 1 aromatic heterocycles. The molecular weight excluding hydrogens is 436 g/mol. The number of nitrogens with one attached hydrogen (secondary N) is 3. The third kappa shape index (κ3) is 7.06. The number of methoxy groups -OCH3 is 1. The average molecular weight is 467 g/mol. The number of anilines is 3. The van der Waals surface area contributed by atoms with Gasteiger partial charge in [0.25, 0.3) is 0 Å². The molecule has 0 fully saturated rings. The molecule has 1 aromatic carbocycles. The van der Waals surface area contributed by atoms with Crippen LogP contribution in [0.15, 0.2) is 42.6 Å². The first-order valence-corrected chi connectivity index (χ1v) is 11.1. The number of hydrogen-bond donors (Lipinski definition) is 3. The monoisotopic (exact) mass is 466 g/mol. The van der Waals surface area contributed by atoms with Gasteiger partial charge in [-0.1, -0.05) is 12.2 Å². The fraction of sp³-hybridized carbons (Fsp3) is 0.360. The second-order valence-electron chi connectivity index (χ2n) is 8.82. The second kappa shape index (κ2) is 10.8. The lowest BCUT2D eigenvalue weighted by Gasteiger charge is -2.22. The molecule has 0 saturated carbocycles. The molecule has 3 amide bonds. The molecule has 0 saturated heterocycles. The van der Waals surface area contributed by atoms with Gasteiger partial charge in [0.2, 0.25) is 5.91 Å². The predicted molar refractivity (Wildman–Crippen MR) is 131 cm³/mol. The third-order valence-corrected chi connectivity index (χ3v) is 4.86. The Balaban J connectivity index is 2.16. The van der Waals surface area contributed by atoms with E-state index in [4.69, 9.17) is 9.47 Å². The Kier molecular flexibility index (Phi) is 7.88. The van der Waals surface area contributed by atoms with Crippen molar-refractivity contribution in [2.24, 2.45) is 0 Å².